The Labute approximate surface area is 148 Å². The molecule has 0 unspecified atom stereocenters. The predicted octanol–water partition coefficient (Wildman–Crippen LogP) is 6.96. The van der Waals surface area contributed by atoms with Gasteiger partial charge in [0.15, 0.2) is 11.5 Å². The molecule has 0 aliphatic carbocycles. The van der Waals surface area contributed by atoms with E-state index in [0.29, 0.717) is 5.92 Å². The Morgan fingerprint density at radius 2 is 1.22 bits per heavy atom. The van der Waals surface area contributed by atoms with E-state index in [1.807, 2.05) is 24.3 Å². The van der Waals surface area contributed by atoms with E-state index in [1.165, 1.54) is 11.1 Å². The summed E-state index contributed by atoms with van der Waals surface area (Å²) in [4.78, 5) is 0. The van der Waals surface area contributed by atoms with Crippen LogP contribution in [-0.2, 0) is 0 Å². The first-order valence-corrected chi connectivity index (χ1v) is 11.8. The van der Waals surface area contributed by atoms with Crippen LogP contribution in [-0.4, -0.2) is 6.16 Å². The average molecular weight is 396 g/mol. The van der Waals surface area contributed by atoms with Crippen molar-refractivity contribution in [2.45, 2.75) is 34.1 Å². The lowest BCUT2D eigenvalue weighted by Crippen LogP contribution is -2.09. The fourth-order valence-corrected chi connectivity index (χ4v) is 5.57. The average Bonchev–Trinajstić information content (AvgIpc) is 2.50. The van der Waals surface area contributed by atoms with Gasteiger partial charge in [-0.2, -0.15) is 0 Å². The van der Waals surface area contributed by atoms with Crippen LogP contribution in [0.25, 0.3) is 0 Å². The summed E-state index contributed by atoms with van der Waals surface area (Å²) in [5.74, 6) is 2.29. The molecule has 0 saturated carbocycles. The van der Waals surface area contributed by atoms with Crippen molar-refractivity contribution >= 4 is 21.9 Å². The largest absolute Gasteiger partial charge is 0.430 e. The summed E-state index contributed by atoms with van der Waals surface area (Å²) in [5.41, 5.74) is 2.44. The molecule has 0 N–H and O–H groups in total. The minimum atomic E-state index is -2.18. The highest BCUT2D eigenvalue weighted by Crippen LogP contribution is 2.67. The molecule has 0 radical (unpaired) electrons. The quantitative estimate of drug-likeness (QED) is 0.471. The Morgan fingerprint density at radius 1 is 0.826 bits per heavy atom. The van der Waals surface area contributed by atoms with Gasteiger partial charge in [-0.05, 0) is 50.5 Å². The van der Waals surface area contributed by atoms with Crippen molar-refractivity contribution in [2.24, 2.45) is 5.92 Å². The molecule has 2 nitrogen and oxygen atoms in total. The molecule has 0 heterocycles. The fourth-order valence-electron chi connectivity index (χ4n) is 2.04. The van der Waals surface area contributed by atoms with Crippen molar-refractivity contribution in [3.8, 4) is 11.5 Å². The Kier molecular flexibility index (Phi) is 6.50. The van der Waals surface area contributed by atoms with Gasteiger partial charge >= 0.3 is 6.42 Å². The molecule has 0 spiro atoms. The van der Waals surface area contributed by atoms with E-state index in [9.17, 15) is 0 Å². The van der Waals surface area contributed by atoms with E-state index < -0.39 is 6.42 Å². The first kappa shape index (κ1) is 18.3. The van der Waals surface area contributed by atoms with E-state index in [4.69, 9.17) is 9.05 Å². The Hall–Kier alpha value is -1.05. The van der Waals surface area contributed by atoms with Gasteiger partial charge in [-0.15, -0.1) is 0 Å². The van der Waals surface area contributed by atoms with Crippen LogP contribution < -0.4 is 9.05 Å². The first-order chi connectivity index (χ1) is 10.9. The van der Waals surface area contributed by atoms with Crippen LogP contribution in [0.3, 0.4) is 0 Å². The second-order valence-electron chi connectivity index (χ2n) is 6.31. The second kappa shape index (κ2) is 8.17. The molecule has 0 atom stereocenters. The van der Waals surface area contributed by atoms with Gasteiger partial charge in [-0.25, -0.2) is 0 Å². The van der Waals surface area contributed by atoms with E-state index in [-0.39, 0.29) is 0 Å². The van der Waals surface area contributed by atoms with Crippen molar-refractivity contribution in [1.29, 1.82) is 0 Å². The maximum atomic E-state index is 6.25. The minimum absolute atomic E-state index is 0.607. The van der Waals surface area contributed by atoms with E-state index in [2.05, 4.69) is 67.4 Å². The molecular formula is C19H25BrO2P+. The zero-order valence-corrected chi connectivity index (χ0v) is 16.7. The normalized spacial score (nSPS) is 11.6. The molecule has 4 heteroatoms. The summed E-state index contributed by atoms with van der Waals surface area (Å²) >= 11 is 3.79. The van der Waals surface area contributed by atoms with Crippen molar-refractivity contribution < 1.29 is 9.05 Å². The molecule has 0 bridgehead atoms. The first-order valence-electron chi connectivity index (χ1n) is 7.96. The van der Waals surface area contributed by atoms with Crippen LogP contribution >= 0.6 is 21.9 Å². The smallest absolute Gasteiger partial charge is 0.298 e. The van der Waals surface area contributed by atoms with Crippen LogP contribution in [0.1, 0.15) is 31.4 Å². The standard InChI is InChI=1S/C19H25BrO2P/c1-15(2)13-14-23(20,21-18-9-5-16(3)6-10-18)22-19-11-7-17(4)8-12-19/h5-12,15H,13-14H2,1-4H3/q+1. The van der Waals surface area contributed by atoms with E-state index in [1.54, 1.807) is 0 Å². The van der Waals surface area contributed by atoms with Crippen molar-refractivity contribution in [2.75, 3.05) is 6.16 Å². The van der Waals surface area contributed by atoms with Crippen LogP contribution in [0, 0.1) is 19.8 Å². The van der Waals surface area contributed by atoms with Gasteiger partial charge in [-0.1, -0.05) is 49.2 Å². The lowest BCUT2D eigenvalue weighted by atomic mass is 10.2. The van der Waals surface area contributed by atoms with Gasteiger partial charge in [0, 0.05) is 0 Å². The summed E-state index contributed by atoms with van der Waals surface area (Å²) in [5, 5.41) is 0. The number of rotatable bonds is 7. The van der Waals surface area contributed by atoms with E-state index >= 15 is 0 Å². The fraction of sp³-hybridized carbons (Fsp3) is 0.368. The van der Waals surface area contributed by atoms with Crippen LogP contribution in [0.15, 0.2) is 48.5 Å². The zero-order chi connectivity index (χ0) is 16.9. The molecule has 2 aromatic carbocycles. The Morgan fingerprint density at radius 3 is 1.57 bits per heavy atom. The highest BCUT2D eigenvalue weighted by atomic mass is 79.9. The Bertz CT molecular complexity index is 561. The third-order valence-electron chi connectivity index (χ3n) is 3.50. The lowest BCUT2D eigenvalue weighted by molar-refractivity contribution is 0.474. The SMILES string of the molecule is Cc1ccc(O[P+](Br)(CCC(C)C)Oc2ccc(C)cc2)cc1. The molecule has 0 aliphatic rings. The molecular weight excluding hydrogens is 371 g/mol. The second-order valence-corrected chi connectivity index (χ2v) is 11.5. The minimum Gasteiger partial charge on any atom is -0.298 e. The predicted molar refractivity (Wildman–Crippen MR) is 104 cm³/mol. The summed E-state index contributed by atoms with van der Waals surface area (Å²) in [6.45, 7) is 8.58. The third kappa shape index (κ3) is 6.16. The number of benzene rings is 2. The maximum absolute atomic E-state index is 6.25. The number of halogens is 1. The monoisotopic (exact) mass is 395 g/mol. The summed E-state index contributed by atoms with van der Waals surface area (Å²) in [6, 6.07) is 16.2. The third-order valence-corrected chi connectivity index (χ3v) is 7.19. The lowest BCUT2D eigenvalue weighted by Gasteiger charge is -2.19. The maximum Gasteiger partial charge on any atom is 0.430 e. The summed E-state index contributed by atoms with van der Waals surface area (Å²) < 4.78 is 12.5. The number of aryl methyl sites for hydroxylation is 2. The summed E-state index contributed by atoms with van der Waals surface area (Å²) in [7, 11) is 0. The van der Waals surface area contributed by atoms with Crippen molar-refractivity contribution in [3.63, 3.8) is 0 Å². The van der Waals surface area contributed by atoms with Gasteiger partial charge in [0.2, 0.25) is 15.5 Å². The van der Waals surface area contributed by atoms with Gasteiger partial charge in [0.25, 0.3) is 0 Å². The number of hydrogen-bond donors (Lipinski definition) is 0. The topological polar surface area (TPSA) is 18.5 Å². The van der Waals surface area contributed by atoms with E-state index in [0.717, 1.165) is 24.1 Å². The Balaban J connectivity index is 2.16. The molecule has 124 valence electrons. The summed E-state index contributed by atoms with van der Waals surface area (Å²) in [6.07, 6.45) is -0.265. The van der Waals surface area contributed by atoms with Gasteiger partial charge in [-0.3, -0.25) is 9.05 Å². The molecule has 0 aromatic heterocycles. The molecule has 0 saturated heterocycles. The number of hydrogen-bond acceptors (Lipinski definition) is 2. The molecule has 2 aromatic rings. The van der Waals surface area contributed by atoms with Crippen LogP contribution in [0.4, 0.5) is 0 Å². The van der Waals surface area contributed by atoms with Crippen molar-refractivity contribution in [3.05, 3.63) is 59.7 Å². The molecule has 23 heavy (non-hydrogen) atoms. The molecule has 2 rings (SSSR count). The molecule has 0 aliphatic heterocycles. The van der Waals surface area contributed by atoms with Crippen LogP contribution in [0.5, 0.6) is 11.5 Å². The van der Waals surface area contributed by atoms with Gasteiger partial charge in [0.05, 0.1) is 0 Å². The van der Waals surface area contributed by atoms with Crippen LogP contribution in [0.2, 0.25) is 0 Å². The van der Waals surface area contributed by atoms with Gasteiger partial charge in [0.1, 0.15) is 6.16 Å². The zero-order valence-electron chi connectivity index (χ0n) is 14.3. The highest BCUT2D eigenvalue weighted by molar-refractivity contribution is 9.41. The highest BCUT2D eigenvalue weighted by Gasteiger charge is 2.43. The van der Waals surface area contributed by atoms with Gasteiger partial charge < -0.3 is 0 Å². The van der Waals surface area contributed by atoms with Crippen molar-refractivity contribution in [1.82, 2.24) is 0 Å². The molecule has 0 fully saturated rings. The molecule has 0 amide bonds.